The van der Waals surface area contributed by atoms with E-state index < -0.39 is 0 Å². The molecule has 2 aromatic rings. The monoisotopic (exact) mass is 341 g/mol. The van der Waals surface area contributed by atoms with E-state index in [1.807, 2.05) is 13.8 Å². The first-order chi connectivity index (χ1) is 10.6. The molecule has 0 unspecified atom stereocenters. The summed E-state index contributed by atoms with van der Waals surface area (Å²) >= 11 is 7.49. The second-order valence-corrected chi connectivity index (χ2v) is 5.70. The summed E-state index contributed by atoms with van der Waals surface area (Å²) in [6, 6.07) is 3.11. The van der Waals surface area contributed by atoms with Gasteiger partial charge in [-0.15, -0.1) is 10.2 Å². The fourth-order valence-corrected chi connectivity index (χ4v) is 2.69. The number of aryl methyl sites for hydroxylation is 1. The van der Waals surface area contributed by atoms with Crippen molar-refractivity contribution in [3.63, 3.8) is 0 Å². The third-order valence-corrected chi connectivity index (χ3v) is 4.03. The van der Waals surface area contributed by atoms with E-state index in [1.54, 1.807) is 6.07 Å². The summed E-state index contributed by atoms with van der Waals surface area (Å²) in [6.45, 7) is 4.27. The molecule has 0 aliphatic carbocycles. The van der Waals surface area contributed by atoms with Gasteiger partial charge < -0.3 is 9.47 Å². The lowest BCUT2D eigenvalue weighted by atomic mass is 10.2. The van der Waals surface area contributed by atoms with Crippen LogP contribution in [-0.2, 0) is 6.42 Å². The molecule has 0 fully saturated rings. The SMILES string of the molecule is CCOc1c(Cl)cc(C(=O)Nc2nnc(CC)s2)cc1OC. The average molecular weight is 342 g/mol. The van der Waals surface area contributed by atoms with Gasteiger partial charge in [0.05, 0.1) is 18.7 Å². The lowest BCUT2D eigenvalue weighted by molar-refractivity contribution is 0.102. The minimum atomic E-state index is -0.331. The molecule has 118 valence electrons. The second kappa shape index (κ2) is 7.42. The first kappa shape index (κ1) is 16.5. The van der Waals surface area contributed by atoms with Crippen LogP contribution >= 0.6 is 22.9 Å². The first-order valence-electron chi connectivity index (χ1n) is 6.73. The quantitative estimate of drug-likeness (QED) is 0.871. The maximum absolute atomic E-state index is 12.3. The number of carbonyl (C=O) groups is 1. The van der Waals surface area contributed by atoms with Gasteiger partial charge in [-0.2, -0.15) is 0 Å². The lowest BCUT2D eigenvalue weighted by Crippen LogP contribution is -2.12. The van der Waals surface area contributed by atoms with Crippen molar-refractivity contribution in [1.29, 1.82) is 0 Å². The van der Waals surface area contributed by atoms with Crippen molar-refractivity contribution in [1.82, 2.24) is 10.2 Å². The van der Waals surface area contributed by atoms with Crippen molar-refractivity contribution >= 4 is 34.0 Å². The highest BCUT2D eigenvalue weighted by Crippen LogP contribution is 2.36. The molecule has 22 heavy (non-hydrogen) atoms. The van der Waals surface area contributed by atoms with Crippen LogP contribution in [-0.4, -0.2) is 29.8 Å². The lowest BCUT2D eigenvalue weighted by Gasteiger charge is -2.12. The van der Waals surface area contributed by atoms with Crippen LogP contribution in [0, 0.1) is 0 Å². The van der Waals surface area contributed by atoms with Gasteiger partial charge in [0.25, 0.3) is 5.91 Å². The number of hydrogen-bond donors (Lipinski definition) is 1. The van der Waals surface area contributed by atoms with Crippen LogP contribution in [0.2, 0.25) is 5.02 Å². The number of nitrogens with one attached hydrogen (secondary N) is 1. The van der Waals surface area contributed by atoms with Crippen LogP contribution in [0.25, 0.3) is 0 Å². The van der Waals surface area contributed by atoms with Crippen LogP contribution in [0.3, 0.4) is 0 Å². The van der Waals surface area contributed by atoms with Crippen molar-refractivity contribution in [3.8, 4) is 11.5 Å². The molecule has 0 aliphatic heterocycles. The zero-order valence-electron chi connectivity index (χ0n) is 12.5. The molecule has 1 heterocycles. The zero-order chi connectivity index (χ0) is 16.1. The molecule has 8 heteroatoms. The summed E-state index contributed by atoms with van der Waals surface area (Å²) in [7, 11) is 1.49. The molecule has 0 saturated heterocycles. The molecule has 0 atom stereocenters. The average Bonchev–Trinajstić information content (AvgIpc) is 2.96. The second-order valence-electron chi connectivity index (χ2n) is 4.23. The van der Waals surface area contributed by atoms with Gasteiger partial charge >= 0.3 is 0 Å². The number of aromatic nitrogens is 2. The first-order valence-corrected chi connectivity index (χ1v) is 7.92. The van der Waals surface area contributed by atoms with Crippen molar-refractivity contribution in [2.45, 2.75) is 20.3 Å². The van der Waals surface area contributed by atoms with E-state index >= 15 is 0 Å². The molecule has 6 nitrogen and oxygen atoms in total. The molecule has 0 spiro atoms. The number of hydrogen-bond acceptors (Lipinski definition) is 6. The maximum Gasteiger partial charge on any atom is 0.257 e. The summed E-state index contributed by atoms with van der Waals surface area (Å²) in [5.41, 5.74) is 0.360. The van der Waals surface area contributed by atoms with E-state index in [0.717, 1.165) is 11.4 Å². The van der Waals surface area contributed by atoms with Gasteiger partial charge in [0.2, 0.25) is 5.13 Å². The van der Waals surface area contributed by atoms with Gasteiger partial charge in [-0.25, -0.2) is 0 Å². The van der Waals surface area contributed by atoms with Crippen molar-refractivity contribution in [3.05, 3.63) is 27.7 Å². The van der Waals surface area contributed by atoms with Gasteiger partial charge in [0.15, 0.2) is 11.5 Å². The highest BCUT2D eigenvalue weighted by atomic mass is 35.5. The Morgan fingerprint density at radius 3 is 2.73 bits per heavy atom. The van der Waals surface area contributed by atoms with Crippen molar-refractivity contribution < 1.29 is 14.3 Å². The van der Waals surface area contributed by atoms with E-state index in [1.165, 1.54) is 24.5 Å². The number of benzene rings is 1. The molecule has 1 N–H and O–H groups in total. The Labute approximate surface area is 137 Å². The Hall–Kier alpha value is -1.86. The molecule has 0 saturated carbocycles. The molecular formula is C14H16ClN3O3S. The topological polar surface area (TPSA) is 73.3 Å². The van der Waals surface area contributed by atoms with Crippen LogP contribution in [0.1, 0.15) is 29.2 Å². The molecule has 0 bridgehead atoms. The number of nitrogens with zero attached hydrogens (tertiary/aromatic N) is 2. The predicted octanol–water partition coefficient (Wildman–Crippen LogP) is 3.41. The van der Waals surface area contributed by atoms with E-state index in [2.05, 4.69) is 15.5 Å². The summed E-state index contributed by atoms with van der Waals surface area (Å²) in [4.78, 5) is 12.3. The number of rotatable bonds is 6. The summed E-state index contributed by atoms with van der Waals surface area (Å²) in [6.07, 6.45) is 0.774. The molecule has 1 aromatic carbocycles. The fraction of sp³-hybridized carbons (Fsp3) is 0.357. The van der Waals surface area contributed by atoms with Gasteiger partial charge in [0, 0.05) is 5.56 Å². The number of methoxy groups -OCH3 is 1. The Balaban J connectivity index is 2.24. The Kier molecular flexibility index (Phi) is 5.57. The molecule has 1 amide bonds. The van der Waals surface area contributed by atoms with Crippen LogP contribution in [0.5, 0.6) is 11.5 Å². The van der Waals surface area contributed by atoms with Crippen LogP contribution < -0.4 is 14.8 Å². The van der Waals surface area contributed by atoms with E-state index in [0.29, 0.717) is 33.8 Å². The molecule has 2 rings (SSSR count). The van der Waals surface area contributed by atoms with Crippen molar-refractivity contribution in [2.24, 2.45) is 0 Å². The van der Waals surface area contributed by atoms with Crippen LogP contribution in [0.4, 0.5) is 5.13 Å². The summed E-state index contributed by atoms with van der Waals surface area (Å²) < 4.78 is 10.6. The zero-order valence-corrected chi connectivity index (χ0v) is 14.0. The number of amides is 1. The van der Waals surface area contributed by atoms with E-state index in [-0.39, 0.29) is 5.91 Å². The standard InChI is InChI=1S/C14H16ClN3O3S/c1-4-11-17-18-14(22-11)16-13(19)8-6-9(15)12(21-5-2)10(7-8)20-3/h6-7H,4-5H2,1-3H3,(H,16,18,19). The molecule has 0 aliphatic rings. The molecule has 0 radical (unpaired) electrons. The number of carbonyl (C=O) groups excluding carboxylic acids is 1. The smallest absolute Gasteiger partial charge is 0.257 e. The summed E-state index contributed by atoms with van der Waals surface area (Å²) in [5.74, 6) is 0.500. The number of anilines is 1. The number of halogens is 1. The van der Waals surface area contributed by atoms with E-state index in [4.69, 9.17) is 21.1 Å². The minimum absolute atomic E-state index is 0.317. The molecular weight excluding hydrogens is 326 g/mol. The third kappa shape index (κ3) is 3.66. The Morgan fingerprint density at radius 2 is 2.14 bits per heavy atom. The minimum Gasteiger partial charge on any atom is -0.493 e. The maximum atomic E-state index is 12.3. The Bertz CT molecular complexity index is 675. The van der Waals surface area contributed by atoms with E-state index in [9.17, 15) is 4.79 Å². The van der Waals surface area contributed by atoms with Gasteiger partial charge in [-0.3, -0.25) is 10.1 Å². The largest absolute Gasteiger partial charge is 0.493 e. The normalized spacial score (nSPS) is 10.4. The van der Waals surface area contributed by atoms with Gasteiger partial charge in [-0.1, -0.05) is 29.9 Å². The number of ether oxygens (including phenoxy) is 2. The summed E-state index contributed by atoms with van der Waals surface area (Å²) in [5, 5.41) is 12.2. The fourth-order valence-electron chi connectivity index (χ4n) is 1.75. The van der Waals surface area contributed by atoms with Gasteiger partial charge in [0.1, 0.15) is 5.01 Å². The molecule has 1 aromatic heterocycles. The predicted molar refractivity (Wildman–Crippen MR) is 86.4 cm³/mol. The van der Waals surface area contributed by atoms with Crippen molar-refractivity contribution in [2.75, 3.05) is 19.0 Å². The highest BCUT2D eigenvalue weighted by molar-refractivity contribution is 7.15. The van der Waals surface area contributed by atoms with Gasteiger partial charge in [-0.05, 0) is 25.5 Å². The third-order valence-electron chi connectivity index (χ3n) is 2.77. The highest BCUT2D eigenvalue weighted by Gasteiger charge is 2.17. The Morgan fingerprint density at radius 1 is 1.36 bits per heavy atom. The van der Waals surface area contributed by atoms with Crippen LogP contribution in [0.15, 0.2) is 12.1 Å².